The molecule has 0 aliphatic carbocycles. The van der Waals surface area contributed by atoms with E-state index in [2.05, 4.69) is 10.6 Å². The molecular weight excluding hydrogens is 296 g/mol. The second-order valence-corrected chi connectivity index (χ2v) is 4.73. The Hall–Kier alpha value is -2.63. The Balaban J connectivity index is 2.34. The number of amides is 2. The van der Waals surface area contributed by atoms with E-state index in [9.17, 15) is 14.4 Å². The first-order chi connectivity index (χ1) is 11.1. The van der Waals surface area contributed by atoms with Crippen molar-refractivity contribution in [2.45, 2.75) is 19.8 Å². The van der Waals surface area contributed by atoms with E-state index in [4.69, 9.17) is 4.74 Å². The van der Waals surface area contributed by atoms with E-state index in [1.807, 2.05) is 0 Å². The topological polar surface area (TPSA) is 84.5 Å². The second kappa shape index (κ2) is 10.2. The van der Waals surface area contributed by atoms with Gasteiger partial charge < -0.3 is 15.4 Å². The van der Waals surface area contributed by atoms with Gasteiger partial charge in [0.05, 0.1) is 6.61 Å². The Morgan fingerprint density at radius 2 is 1.87 bits per heavy atom. The first-order valence-corrected chi connectivity index (χ1v) is 7.50. The van der Waals surface area contributed by atoms with Crippen molar-refractivity contribution < 1.29 is 19.1 Å². The molecule has 2 amide bonds. The fourth-order valence-electron chi connectivity index (χ4n) is 1.80. The molecule has 0 aliphatic rings. The van der Waals surface area contributed by atoms with Gasteiger partial charge in [-0.3, -0.25) is 14.4 Å². The molecule has 0 aromatic heterocycles. The summed E-state index contributed by atoms with van der Waals surface area (Å²) < 4.78 is 4.79. The molecule has 124 valence electrons. The summed E-state index contributed by atoms with van der Waals surface area (Å²) in [6.45, 7) is 2.54. The van der Waals surface area contributed by atoms with Crippen molar-refractivity contribution in [1.29, 1.82) is 0 Å². The minimum atomic E-state index is -0.256. The molecule has 0 saturated carbocycles. The van der Waals surface area contributed by atoms with Gasteiger partial charge in [-0.05, 0) is 37.1 Å². The van der Waals surface area contributed by atoms with Gasteiger partial charge in [0.15, 0.2) is 0 Å². The quantitative estimate of drug-likeness (QED) is 0.432. The maximum absolute atomic E-state index is 11.6. The number of hydrogen-bond donors (Lipinski definition) is 2. The van der Waals surface area contributed by atoms with Gasteiger partial charge in [0.2, 0.25) is 5.91 Å². The Bertz CT molecular complexity index is 564. The summed E-state index contributed by atoms with van der Waals surface area (Å²) in [6, 6.07) is 6.90. The lowest BCUT2D eigenvalue weighted by atomic mass is 10.1. The molecule has 1 aromatic carbocycles. The van der Waals surface area contributed by atoms with Crippen molar-refractivity contribution in [3.8, 4) is 0 Å². The van der Waals surface area contributed by atoms with E-state index in [0.29, 0.717) is 31.6 Å². The number of rotatable bonds is 8. The van der Waals surface area contributed by atoms with E-state index >= 15 is 0 Å². The molecular formula is C17H22N2O4. The molecule has 2 N–H and O–H groups in total. The molecule has 6 heteroatoms. The highest BCUT2D eigenvalue weighted by atomic mass is 16.5. The second-order valence-electron chi connectivity index (χ2n) is 4.73. The lowest BCUT2D eigenvalue weighted by Crippen LogP contribution is -2.22. The van der Waals surface area contributed by atoms with E-state index < -0.39 is 0 Å². The first kappa shape index (κ1) is 18.4. The van der Waals surface area contributed by atoms with Crippen molar-refractivity contribution in [1.82, 2.24) is 10.6 Å². The van der Waals surface area contributed by atoms with Crippen molar-refractivity contribution >= 4 is 23.9 Å². The van der Waals surface area contributed by atoms with Crippen LogP contribution >= 0.6 is 0 Å². The molecule has 0 fully saturated rings. The Labute approximate surface area is 135 Å². The summed E-state index contributed by atoms with van der Waals surface area (Å²) >= 11 is 0. The van der Waals surface area contributed by atoms with E-state index in [-0.39, 0.29) is 17.8 Å². The summed E-state index contributed by atoms with van der Waals surface area (Å²) in [5, 5.41) is 5.23. The molecule has 0 heterocycles. The normalized spacial score (nSPS) is 10.3. The monoisotopic (exact) mass is 318 g/mol. The maximum atomic E-state index is 11.6. The largest absolute Gasteiger partial charge is 0.466 e. The van der Waals surface area contributed by atoms with Crippen LogP contribution in [0, 0.1) is 0 Å². The van der Waals surface area contributed by atoms with Gasteiger partial charge in [-0.2, -0.15) is 0 Å². The number of nitrogens with one attached hydrogen (secondary N) is 2. The zero-order valence-electron chi connectivity index (χ0n) is 13.4. The molecule has 1 aromatic rings. The van der Waals surface area contributed by atoms with E-state index in [1.165, 1.54) is 6.08 Å². The summed E-state index contributed by atoms with van der Waals surface area (Å²) in [6.07, 6.45) is 3.91. The van der Waals surface area contributed by atoms with Gasteiger partial charge in [0.25, 0.3) is 5.91 Å². The summed E-state index contributed by atoms with van der Waals surface area (Å²) in [5.74, 6) is -0.641. The van der Waals surface area contributed by atoms with E-state index in [1.54, 1.807) is 44.3 Å². The molecule has 0 aliphatic heterocycles. The molecule has 1 rings (SSSR count). The minimum Gasteiger partial charge on any atom is -0.466 e. The van der Waals surface area contributed by atoms with Crippen LogP contribution in [0.1, 0.15) is 35.7 Å². The third-order valence-corrected chi connectivity index (χ3v) is 2.99. The number of hydrogen-bond acceptors (Lipinski definition) is 4. The van der Waals surface area contributed by atoms with Crippen LogP contribution in [0.15, 0.2) is 30.3 Å². The standard InChI is InChI=1S/C17H22N2O4/c1-3-23-16(21)5-4-12-19-15(20)11-8-13-6-9-14(10-7-13)17(22)18-2/h6-11H,3-5,12H2,1-2H3,(H,18,22)(H,19,20)/b11-8+. The Morgan fingerprint density at radius 1 is 1.17 bits per heavy atom. The Morgan fingerprint density at radius 3 is 2.48 bits per heavy atom. The van der Waals surface area contributed by atoms with E-state index in [0.717, 1.165) is 5.56 Å². The van der Waals surface area contributed by atoms with Crippen LogP contribution < -0.4 is 10.6 Å². The maximum Gasteiger partial charge on any atom is 0.305 e. The number of esters is 1. The minimum absolute atomic E-state index is 0.153. The zero-order chi connectivity index (χ0) is 17.1. The lowest BCUT2D eigenvalue weighted by molar-refractivity contribution is -0.143. The fraction of sp³-hybridized carbons (Fsp3) is 0.353. The summed E-state index contributed by atoms with van der Waals surface area (Å²) in [4.78, 5) is 34.1. The average molecular weight is 318 g/mol. The predicted octanol–water partition coefficient (Wildman–Crippen LogP) is 1.52. The molecule has 23 heavy (non-hydrogen) atoms. The lowest BCUT2D eigenvalue weighted by Gasteiger charge is -2.03. The number of benzene rings is 1. The number of carbonyl (C=O) groups excluding carboxylic acids is 3. The van der Waals surface area contributed by atoms with Gasteiger partial charge >= 0.3 is 5.97 Å². The van der Waals surface area contributed by atoms with Crippen LogP contribution in [0.5, 0.6) is 0 Å². The smallest absolute Gasteiger partial charge is 0.305 e. The average Bonchev–Trinajstić information content (AvgIpc) is 2.57. The molecule has 0 saturated heterocycles. The summed E-state index contributed by atoms with van der Waals surface area (Å²) in [5.41, 5.74) is 1.38. The van der Waals surface area contributed by atoms with Crippen molar-refractivity contribution in [3.63, 3.8) is 0 Å². The van der Waals surface area contributed by atoms with Crippen LogP contribution in [0.2, 0.25) is 0 Å². The third-order valence-electron chi connectivity index (χ3n) is 2.99. The van der Waals surface area contributed by atoms with Crippen LogP contribution in [0.4, 0.5) is 0 Å². The fourth-order valence-corrected chi connectivity index (χ4v) is 1.80. The van der Waals surface area contributed by atoms with Crippen molar-refractivity contribution in [3.05, 3.63) is 41.5 Å². The molecule has 0 bridgehead atoms. The van der Waals surface area contributed by atoms with Crippen LogP contribution in [-0.2, 0) is 14.3 Å². The molecule has 6 nitrogen and oxygen atoms in total. The van der Waals surface area contributed by atoms with Gasteiger partial charge in [0.1, 0.15) is 0 Å². The van der Waals surface area contributed by atoms with Crippen LogP contribution in [-0.4, -0.2) is 38.0 Å². The SMILES string of the molecule is CCOC(=O)CCCNC(=O)/C=C/c1ccc(C(=O)NC)cc1. The van der Waals surface area contributed by atoms with Gasteiger partial charge in [0, 0.05) is 31.7 Å². The Kier molecular flexibility index (Phi) is 8.13. The van der Waals surface area contributed by atoms with Crippen LogP contribution in [0.3, 0.4) is 0 Å². The van der Waals surface area contributed by atoms with Gasteiger partial charge in [-0.15, -0.1) is 0 Å². The third kappa shape index (κ3) is 7.26. The molecule has 0 radical (unpaired) electrons. The highest BCUT2D eigenvalue weighted by molar-refractivity contribution is 5.94. The van der Waals surface area contributed by atoms with Gasteiger partial charge in [-0.1, -0.05) is 12.1 Å². The number of ether oxygens (including phenoxy) is 1. The van der Waals surface area contributed by atoms with Crippen molar-refractivity contribution in [2.24, 2.45) is 0 Å². The predicted molar refractivity (Wildman–Crippen MR) is 87.7 cm³/mol. The highest BCUT2D eigenvalue weighted by Crippen LogP contribution is 2.06. The highest BCUT2D eigenvalue weighted by Gasteiger charge is 2.03. The van der Waals surface area contributed by atoms with Gasteiger partial charge in [-0.25, -0.2) is 0 Å². The molecule has 0 spiro atoms. The molecule has 0 unspecified atom stereocenters. The van der Waals surface area contributed by atoms with Crippen LogP contribution in [0.25, 0.3) is 6.08 Å². The summed E-state index contributed by atoms with van der Waals surface area (Å²) in [7, 11) is 1.57. The number of carbonyl (C=O) groups is 3. The zero-order valence-corrected chi connectivity index (χ0v) is 13.4. The molecule has 0 atom stereocenters. The first-order valence-electron chi connectivity index (χ1n) is 7.50. The van der Waals surface area contributed by atoms with Crippen molar-refractivity contribution in [2.75, 3.05) is 20.2 Å².